The summed E-state index contributed by atoms with van der Waals surface area (Å²) >= 11 is 0. The number of allylic oxidation sites excluding steroid dienone is 1. The van der Waals surface area contributed by atoms with Crippen molar-refractivity contribution in [2.24, 2.45) is 4.99 Å². The summed E-state index contributed by atoms with van der Waals surface area (Å²) in [6.07, 6.45) is 2.94. The van der Waals surface area contributed by atoms with Crippen molar-refractivity contribution < 1.29 is 14.4 Å². The number of guanidine groups is 1. The van der Waals surface area contributed by atoms with Crippen molar-refractivity contribution >= 4 is 11.9 Å². The molecule has 0 aliphatic carbocycles. The molecule has 0 N–H and O–H groups in total. The minimum Gasteiger partial charge on any atom is -0.486 e. The molecule has 0 aromatic heterocycles. The Balaban J connectivity index is 1.50. The van der Waals surface area contributed by atoms with Crippen LogP contribution in [-0.4, -0.2) is 71.7 Å². The SMILES string of the molecule is CC1=CC(C)N(C)C(N2CCN(C(=O)c3cccc4c3OC(C)(C)C4)CCO2)=N1. The summed E-state index contributed by atoms with van der Waals surface area (Å²) in [5.74, 6) is 1.52. The highest BCUT2D eigenvalue weighted by Crippen LogP contribution is 2.38. The van der Waals surface area contributed by atoms with E-state index in [-0.39, 0.29) is 17.6 Å². The first-order valence-electron chi connectivity index (χ1n) is 10.3. The van der Waals surface area contributed by atoms with Crippen LogP contribution in [0.15, 0.2) is 35.0 Å². The van der Waals surface area contributed by atoms with Gasteiger partial charge in [-0.3, -0.25) is 9.63 Å². The number of likely N-dealkylation sites (N-methyl/N-ethyl adjacent to an activating group) is 1. The maximum atomic E-state index is 13.3. The molecule has 7 heteroatoms. The van der Waals surface area contributed by atoms with Gasteiger partial charge in [0.2, 0.25) is 5.96 Å². The van der Waals surface area contributed by atoms with Crippen LogP contribution < -0.4 is 4.74 Å². The molecule has 1 aromatic rings. The van der Waals surface area contributed by atoms with E-state index in [2.05, 4.69) is 36.7 Å². The van der Waals surface area contributed by atoms with Gasteiger partial charge in [0.15, 0.2) is 0 Å². The van der Waals surface area contributed by atoms with Gasteiger partial charge in [0, 0.05) is 38.3 Å². The van der Waals surface area contributed by atoms with Crippen LogP contribution >= 0.6 is 0 Å². The zero-order valence-corrected chi connectivity index (χ0v) is 17.9. The van der Waals surface area contributed by atoms with Gasteiger partial charge in [-0.2, -0.15) is 0 Å². The van der Waals surface area contributed by atoms with Crippen molar-refractivity contribution in [3.63, 3.8) is 0 Å². The molecule has 0 radical (unpaired) electrons. The topological polar surface area (TPSA) is 57.6 Å². The standard InChI is InChI=1S/C22H30N4O3/c1-15-13-16(2)24(5)21(23-15)26-10-9-25(11-12-28-26)20(27)18-8-6-7-17-14-22(3,4)29-19(17)18/h6-8,13,16H,9-12,14H2,1-5H3. The smallest absolute Gasteiger partial charge is 0.257 e. The van der Waals surface area contributed by atoms with Crippen LogP contribution in [0.5, 0.6) is 5.75 Å². The second-order valence-electron chi connectivity index (χ2n) is 8.63. The first-order valence-corrected chi connectivity index (χ1v) is 10.3. The van der Waals surface area contributed by atoms with E-state index in [4.69, 9.17) is 9.57 Å². The third-order valence-corrected chi connectivity index (χ3v) is 5.70. The second kappa shape index (κ2) is 7.37. The maximum Gasteiger partial charge on any atom is 0.257 e. The molecule has 3 heterocycles. The fourth-order valence-electron chi connectivity index (χ4n) is 4.11. The number of carbonyl (C=O) groups excluding carboxylic acids is 1. The van der Waals surface area contributed by atoms with Gasteiger partial charge in [-0.1, -0.05) is 12.1 Å². The van der Waals surface area contributed by atoms with Crippen molar-refractivity contribution in [1.29, 1.82) is 0 Å². The molecular weight excluding hydrogens is 368 g/mol. The summed E-state index contributed by atoms with van der Waals surface area (Å²) in [7, 11) is 2.01. The number of rotatable bonds is 1. The number of aliphatic imine (C=N–C) groups is 1. The molecule has 1 fully saturated rings. The van der Waals surface area contributed by atoms with Gasteiger partial charge < -0.3 is 14.5 Å². The Morgan fingerprint density at radius 1 is 1.24 bits per heavy atom. The van der Waals surface area contributed by atoms with Crippen molar-refractivity contribution in [2.45, 2.75) is 45.8 Å². The Kier molecular flexibility index (Phi) is 5.02. The van der Waals surface area contributed by atoms with E-state index < -0.39 is 0 Å². The lowest BCUT2D eigenvalue weighted by Gasteiger charge is -2.35. The molecule has 0 spiro atoms. The fraction of sp³-hybridized carbons (Fsp3) is 0.545. The third-order valence-electron chi connectivity index (χ3n) is 5.70. The Bertz CT molecular complexity index is 877. The zero-order valence-electron chi connectivity index (χ0n) is 17.9. The van der Waals surface area contributed by atoms with E-state index in [1.54, 1.807) is 0 Å². The molecular formula is C22H30N4O3. The highest BCUT2D eigenvalue weighted by Gasteiger charge is 2.35. The van der Waals surface area contributed by atoms with Gasteiger partial charge in [-0.05, 0) is 45.4 Å². The van der Waals surface area contributed by atoms with Crippen molar-refractivity contribution in [3.8, 4) is 5.75 Å². The number of nitrogens with zero attached hydrogens (tertiary/aromatic N) is 4. The van der Waals surface area contributed by atoms with Crippen LogP contribution in [0, 0.1) is 0 Å². The predicted molar refractivity (Wildman–Crippen MR) is 112 cm³/mol. The Morgan fingerprint density at radius 3 is 2.83 bits per heavy atom. The molecule has 1 amide bonds. The molecule has 156 valence electrons. The van der Waals surface area contributed by atoms with Gasteiger partial charge in [0.1, 0.15) is 11.4 Å². The number of hydroxylamine groups is 2. The first-order chi connectivity index (χ1) is 13.7. The van der Waals surface area contributed by atoms with E-state index in [1.165, 1.54) is 0 Å². The van der Waals surface area contributed by atoms with Gasteiger partial charge >= 0.3 is 0 Å². The van der Waals surface area contributed by atoms with E-state index in [0.29, 0.717) is 31.8 Å². The third kappa shape index (κ3) is 3.83. The van der Waals surface area contributed by atoms with Gasteiger partial charge in [0.25, 0.3) is 5.91 Å². The summed E-state index contributed by atoms with van der Waals surface area (Å²) in [6.45, 7) is 10.3. The molecule has 3 aliphatic heterocycles. The zero-order chi connectivity index (χ0) is 20.8. The molecule has 29 heavy (non-hydrogen) atoms. The van der Waals surface area contributed by atoms with Crippen LogP contribution in [0.4, 0.5) is 0 Å². The molecule has 0 saturated carbocycles. The molecule has 1 unspecified atom stereocenters. The normalized spacial score (nSPS) is 23.8. The van der Waals surface area contributed by atoms with Crippen molar-refractivity contribution in [2.75, 3.05) is 33.3 Å². The van der Waals surface area contributed by atoms with Gasteiger partial charge in [-0.15, -0.1) is 0 Å². The monoisotopic (exact) mass is 398 g/mol. The van der Waals surface area contributed by atoms with Gasteiger partial charge in [-0.25, -0.2) is 10.1 Å². The number of carbonyl (C=O) groups is 1. The summed E-state index contributed by atoms with van der Waals surface area (Å²) in [4.78, 5) is 27.8. The van der Waals surface area contributed by atoms with Crippen molar-refractivity contribution in [1.82, 2.24) is 14.9 Å². The summed E-state index contributed by atoms with van der Waals surface area (Å²) in [5, 5.41) is 1.81. The molecule has 7 nitrogen and oxygen atoms in total. The number of ether oxygens (including phenoxy) is 1. The van der Waals surface area contributed by atoms with Crippen LogP contribution in [0.2, 0.25) is 0 Å². The number of fused-ring (bicyclic) bond motifs is 1. The molecule has 1 saturated heterocycles. The predicted octanol–water partition coefficient (Wildman–Crippen LogP) is 2.68. The highest BCUT2D eigenvalue weighted by molar-refractivity contribution is 5.97. The van der Waals surface area contributed by atoms with E-state index in [9.17, 15) is 4.79 Å². The number of hydrogen-bond acceptors (Lipinski definition) is 6. The Morgan fingerprint density at radius 2 is 2.03 bits per heavy atom. The summed E-state index contributed by atoms with van der Waals surface area (Å²) < 4.78 is 6.10. The number of amides is 1. The lowest BCUT2D eigenvalue weighted by atomic mass is 10.0. The second-order valence-corrected chi connectivity index (χ2v) is 8.63. The fourth-order valence-corrected chi connectivity index (χ4v) is 4.11. The average Bonchev–Trinajstić information content (AvgIpc) is 2.83. The minimum atomic E-state index is -0.275. The molecule has 3 aliphatic rings. The van der Waals surface area contributed by atoms with Crippen LogP contribution in [0.1, 0.15) is 43.6 Å². The molecule has 1 atom stereocenters. The highest BCUT2D eigenvalue weighted by atomic mass is 16.7. The number of benzene rings is 1. The first kappa shape index (κ1) is 19.8. The van der Waals surface area contributed by atoms with Crippen LogP contribution in [0.3, 0.4) is 0 Å². The van der Waals surface area contributed by atoms with E-state index in [1.807, 2.05) is 42.1 Å². The quantitative estimate of drug-likeness (QED) is 0.728. The molecule has 4 rings (SSSR count). The summed E-state index contributed by atoms with van der Waals surface area (Å²) in [6, 6.07) is 6.10. The molecule has 0 bridgehead atoms. The number of hydrogen-bond donors (Lipinski definition) is 0. The van der Waals surface area contributed by atoms with E-state index >= 15 is 0 Å². The average molecular weight is 399 g/mol. The number of para-hydroxylation sites is 1. The van der Waals surface area contributed by atoms with Crippen LogP contribution in [-0.2, 0) is 11.3 Å². The Hall–Kier alpha value is -2.54. The van der Waals surface area contributed by atoms with E-state index in [0.717, 1.165) is 29.4 Å². The lowest BCUT2D eigenvalue weighted by Crippen LogP contribution is -2.48. The molecule has 1 aromatic carbocycles. The van der Waals surface area contributed by atoms with Crippen molar-refractivity contribution in [3.05, 3.63) is 41.1 Å². The maximum absolute atomic E-state index is 13.3. The minimum absolute atomic E-state index is 0.00613. The largest absolute Gasteiger partial charge is 0.486 e. The van der Waals surface area contributed by atoms with Gasteiger partial charge in [0.05, 0.1) is 18.7 Å². The summed E-state index contributed by atoms with van der Waals surface area (Å²) in [5.41, 5.74) is 2.44. The lowest BCUT2D eigenvalue weighted by molar-refractivity contribution is -0.0954. The Labute approximate surface area is 172 Å². The van der Waals surface area contributed by atoms with Crippen LogP contribution in [0.25, 0.3) is 0 Å².